The molecule has 0 aliphatic rings. The van der Waals surface area contributed by atoms with Crippen LogP contribution in [0.4, 0.5) is 0 Å². The Kier molecular flexibility index (Phi) is 6.65. The van der Waals surface area contributed by atoms with Gasteiger partial charge in [-0.15, -0.1) is 0 Å². The Hall–Kier alpha value is -0.570. The molecule has 3 heteroatoms. The van der Waals surface area contributed by atoms with Gasteiger partial charge in [0.05, 0.1) is 6.61 Å². The van der Waals surface area contributed by atoms with E-state index >= 15 is 0 Å². The van der Waals surface area contributed by atoms with Gasteiger partial charge in [0, 0.05) is 0 Å². The molecule has 0 radical (unpaired) electrons. The lowest BCUT2D eigenvalue weighted by Crippen LogP contribution is -2.53. The first kappa shape index (κ1) is 15.4. The summed E-state index contributed by atoms with van der Waals surface area (Å²) in [4.78, 5) is 12.1. The van der Waals surface area contributed by atoms with Gasteiger partial charge >= 0.3 is 5.97 Å². The minimum Gasteiger partial charge on any atom is -0.465 e. The van der Waals surface area contributed by atoms with Crippen LogP contribution >= 0.6 is 0 Å². The minimum atomic E-state index is -0.516. The van der Waals surface area contributed by atoms with Gasteiger partial charge in [0.25, 0.3) is 0 Å². The van der Waals surface area contributed by atoms with Crippen molar-refractivity contribution in [2.75, 3.05) is 13.7 Å². The first-order chi connectivity index (χ1) is 7.38. The van der Waals surface area contributed by atoms with E-state index in [2.05, 4.69) is 33.0 Å². The van der Waals surface area contributed by atoms with E-state index in [1.807, 2.05) is 14.0 Å². The number of nitrogens with one attached hydrogen (secondary N) is 1. The van der Waals surface area contributed by atoms with Crippen LogP contribution in [0.25, 0.3) is 0 Å². The van der Waals surface area contributed by atoms with E-state index in [9.17, 15) is 4.79 Å². The zero-order chi connectivity index (χ0) is 12.8. The Balaban J connectivity index is 4.86. The molecule has 0 aliphatic heterocycles. The fraction of sp³-hybridized carbons (Fsp3) is 0.923. The summed E-state index contributed by atoms with van der Waals surface area (Å²) in [5.74, 6) is 0.825. The quantitative estimate of drug-likeness (QED) is 0.682. The highest BCUT2D eigenvalue weighted by Gasteiger charge is 2.39. The van der Waals surface area contributed by atoms with Crippen LogP contribution in [0.3, 0.4) is 0 Å². The van der Waals surface area contributed by atoms with E-state index in [4.69, 9.17) is 4.74 Å². The number of carbonyl (C=O) groups is 1. The number of ether oxygens (including phenoxy) is 1. The van der Waals surface area contributed by atoms with Gasteiger partial charge in [-0.2, -0.15) is 0 Å². The molecule has 0 atom stereocenters. The van der Waals surface area contributed by atoms with E-state index in [1.165, 1.54) is 0 Å². The van der Waals surface area contributed by atoms with Crippen LogP contribution in [-0.4, -0.2) is 25.2 Å². The fourth-order valence-electron chi connectivity index (χ4n) is 2.22. The molecule has 16 heavy (non-hydrogen) atoms. The van der Waals surface area contributed by atoms with Crippen molar-refractivity contribution in [3.05, 3.63) is 0 Å². The van der Waals surface area contributed by atoms with Gasteiger partial charge in [-0.1, -0.05) is 27.7 Å². The normalized spacial score (nSPS) is 12.2. The van der Waals surface area contributed by atoms with Crippen molar-refractivity contribution in [1.82, 2.24) is 5.32 Å². The number of hydrogen-bond donors (Lipinski definition) is 1. The van der Waals surface area contributed by atoms with Gasteiger partial charge in [-0.3, -0.25) is 4.79 Å². The summed E-state index contributed by atoms with van der Waals surface area (Å²) in [6.07, 6.45) is 1.64. The highest BCUT2D eigenvalue weighted by Crippen LogP contribution is 2.26. The average molecular weight is 229 g/mol. The van der Waals surface area contributed by atoms with Crippen molar-refractivity contribution in [1.29, 1.82) is 0 Å². The number of hydrogen-bond acceptors (Lipinski definition) is 3. The van der Waals surface area contributed by atoms with Gasteiger partial charge in [0.2, 0.25) is 0 Å². The minimum absolute atomic E-state index is 0.111. The highest BCUT2D eigenvalue weighted by atomic mass is 16.5. The monoisotopic (exact) mass is 229 g/mol. The fourth-order valence-corrected chi connectivity index (χ4v) is 2.22. The van der Waals surface area contributed by atoms with Crippen LogP contribution in [0.5, 0.6) is 0 Å². The van der Waals surface area contributed by atoms with Crippen LogP contribution in [0.1, 0.15) is 47.5 Å². The van der Waals surface area contributed by atoms with Crippen LogP contribution < -0.4 is 5.32 Å². The predicted molar refractivity (Wildman–Crippen MR) is 67.3 cm³/mol. The molecule has 1 N–H and O–H groups in total. The lowest BCUT2D eigenvalue weighted by Gasteiger charge is -2.34. The lowest BCUT2D eigenvalue weighted by atomic mass is 9.82. The van der Waals surface area contributed by atoms with Crippen LogP contribution in [0.2, 0.25) is 0 Å². The topological polar surface area (TPSA) is 38.3 Å². The van der Waals surface area contributed by atoms with Crippen LogP contribution in [0.15, 0.2) is 0 Å². The highest BCUT2D eigenvalue weighted by molar-refractivity contribution is 5.80. The molecule has 0 heterocycles. The summed E-state index contributed by atoms with van der Waals surface area (Å²) in [7, 11) is 1.85. The first-order valence-electron chi connectivity index (χ1n) is 6.24. The van der Waals surface area contributed by atoms with E-state index in [1.54, 1.807) is 0 Å². The Bertz CT molecular complexity index is 202. The molecule has 0 fully saturated rings. The molecular weight excluding hydrogens is 202 g/mol. The van der Waals surface area contributed by atoms with E-state index < -0.39 is 5.54 Å². The average Bonchev–Trinajstić information content (AvgIpc) is 2.15. The van der Waals surface area contributed by atoms with Crippen molar-refractivity contribution >= 4 is 5.97 Å². The number of rotatable bonds is 7. The molecule has 96 valence electrons. The standard InChI is InChI=1S/C13H27NO2/c1-7-16-12(15)13(14-6,8-10(2)3)9-11(4)5/h10-11,14H,7-9H2,1-6H3. The van der Waals surface area contributed by atoms with Crippen molar-refractivity contribution in [3.63, 3.8) is 0 Å². The molecule has 0 saturated carbocycles. The molecule has 0 aromatic rings. The van der Waals surface area contributed by atoms with Gasteiger partial charge in [0.1, 0.15) is 5.54 Å². The van der Waals surface area contributed by atoms with Gasteiger partial charge in [-0.05, 0) is 38.6 Å². The summed E-state index contributed by atoms with van der Waals surface area (Å²) >= 11 is 0. The van der Waals surface area contributed by atoms with Crippen molar-refractivity contribution in [2.24, 2.45) is 11.8 Å². The maximum atomic E-state index is 12.1. The van der Waals surface area contributed by atoms with Gasteiger partial charge in [-0.25, -0.2) is 0 Å². The maximum absolute atomic E-state index is 12.1. The molecule has 0 aliphatic carbocycles. The second kappa shape index (κ2) is 6.89. The molecular formula is C13H27NO2. The molecule has 0 aromatic carbocycles. The number of carbonyl (C=O) groups excluding carboxylic acids is 1. The van der Waals surface area contributed by atoms with E-state index in [0.29, 0.717) is 18.4 Å². The summed E-state index contributed by atoms with van der Waals surface area (Å²) in [6, 6.07) is 0. The summed E-state index contributed by atoms with van der Waals surface area (Å²) in [5.41, 5.74) is -0.516. The lowest BCUT2D eigenvalue weighted by molar-refractivity contribution is -0.152. The Morgan fingerprint density at radius 3 is 1.88 bits per heavy atom. The second-order valence-corrected chi connectivity index (χ2v) is 5.25. The third-order valence-corrected chi connectivity index (χ3v) is 2.66. The summed E-state index contributed by atoms with van der Waals surface area (Å²) in [5, 5.41) is 3.19. The van der Waals surface area contributed by atoms with E-state index in [0.717, 1.165) is 12.8 Å². The third-order valence-electron chi connectivity index (χ3n) is 2.66. The van der Waals surface area contributed by atoms with Crippen molar-refractivity contribution < 1.29 is 9.53 Å². The van der Waals surface area contributed by atoms with Crippen molar-refractivity contribution in [3.8, 4) is 0 Å². The molecule has 0 bridgehead atoms. The molecule has 0 aromatic heterocycles. The second-order valence-electron chi connectivity index (χ2n) is 5.25. The summed E-state index contributed by atoms with van der Waals surface area (Å²) in [6.45, 7) is 10.8. The Labute approximate surface area is 99.9 Å². The van der Waals surface area contributed by atoms with Crippen LogP contribution in [-0.2, 0) is 9.53 Å². The maximum Gasteiger partial charge on any atom is 0.326 e. The van der Waals surface area contributed by atoms with Gasteiger partial charge < -0.3 is 10.1 Å². The predicted octanol–water partition coefficient (Wildman–Crippen LogP) is 2.60. The smallest absolute Gasteiger partial charge is 0.326 e. The zero-order valence-corrected chi connectivity index (χ0v) is 11.6. The van der Waals surface area contributed by atoms with E-state index in [-0.39, 0.29) is 5.97 Å². The van der Waals surface area contributed by atoms with Crippen LogP contribution in [0, 0.1) is 11.8 Å². The molecule has 3 nitrogen and oxygen atoms in total. The molecule has 0 rings (SSSR count). The molecule has 0 amide bonds. The van der Waals surface area contributed by atoms with Crippen molar-refractivity contribution in [2.45, 2.75) is 53.0 Å². The molecule has 0 unspecified atom stereocenters. The SMILES string of the molecule is CCOC(=O)C(CC(C)C)(CC(C)C)NC. The Morgan fingerprint density at radius 1 is 1.19 bits per heavy atom. The number of esters is 1. The molecule has 0 spiro atoms. The van der Waals surface area contributed by atoms with Gasteiger partial charge in [0.15, 0.2) is 0 Å². The Morgan fingerprint density at radius 2 is 1.62 bits per heavy atom. The zero-order valence-electron chi connectivity index (χ0n) is 11.6. The third kappa shape index (κ3) is 4.52. The largest absolute Gasteiger partial charge is 0.465 e. The summed E-state index contributed by atoms with van der Waals surface area (Å²) < 4.78 is 5.20. The number of likely N-dealkylation sites (N-methyl/N-ethyl adjacent to an activating group) is 1. The first-order valence-corrected chi connectivity index (χ1v) is 6.24. The molecule has 0 saturated heterocycles.